The highest BCUT2D eigenvalue weighted by Crippen LogP contribution is 2.28. The van der Waals surface area contributed by atoms with Gasteiger partial charge in [-0.15, -0.1) is 0 Å². The summed E-state index contributed by atoms with van der Waals surface area (Å²) in [7, 11) is -2.34. The van der Waals surface area contributed by atoms with Crippen molar-refractivity contribution in [3.8, 4) is 5.75 Å². The van der Waals surface area contributed by atoms with Crippen LogP contribution in [-0.2, 0) is 14.8 Å². The Bertz CT molecular complexity index is 802. The topological polar surface area (TPSA) is 88.2 Å². The number of likely N-dealkylation sites (tertiary alicyclic amines) is 1. The molecule has 2 saturated heterocycles. The highest BCUT2D eigenvalue weighted by atomic mass is 32.2. The van der Waals surface area contributed by atoms with E-state index < -0.39 is 10.0 Å². The molecule has 1 aromatic carbocycles. The zero-order valence-electron chi connectivity index (χ0n) is 17.2. The maximum atomic E-state index is 13.1. The SMILES string of the molecule is CCC(CNC(=O)c1ccc(OC)c(S(=O)(=O)N2CCOCC2)c1)N1CCCC1. The standard InChI is InChI=1S/C20H31N3O5S/c1-3-17(22-8-4-5-9-22)15-21-20(24)16-6-7-18(27-2)19(14-16)29(25,26)23-10-12-28-13-11-23/h6-7,14,17H,3-5,8-13,15H2,1-2H3,(H,21,24). The lowest BCUT2D eigenvalue weighted by atomic mass is 10.1. The third kappa shape index (κ3) is 5.09. The Labute approximate surface area is 173 Å². The van der Waals surface area contributed by atoms with Gasteiger partial charge in [0, 0.05) is 31.2 Å². The molecule has 1 atom stereocenters. The smallest absolute Gasteiger partial charge is 0.251 e. The molecule has 29 heavy (non-hydrogen) atoms. The number of ether oxygens (including phenoxy) is 2. The van der Waals surface area contributed by atoms with E-state index in [4.69, 9.17) is 9.47 Å². The average molecular weight is 426 g/mol. The highest BCUT2D eigenvalue weighted by Gasteiger charge is 2.30. The first-order valence-electron chi connectivity index (χ1n) is 10.3. The fourth-order valence-corrected chi connectivity index (χ4v) is 5.49. The monoisotopic (exact) mass is 425 g/mol. The molecular formula is C20H31N3O5S. The Kier molecular flexibility index (Phi) is 7.50. The van der Waals surface area contributed by atoms with Gasteiger partial charge in [-0.3, -0.25) is 9.69 Å². The molecule has 162 valence electrons. The van der Waals surface area contributed by atoms with E-state index in [0.717, 1.165) is 19.5 Å². The fraction of sp³-hybridized carbons (Fsp3) is 0.650. The van der Waals surface area contributed by atoms with E-state index in [1.54, 1.807) is 12.1 Å². The lowest BCUT2D eigenvalue weighted by molar-refractivity contribution is 0.0729. The quantitative estimate of drug-likeness (QED) is 0.676. The highest BCUT2D eigenvalue weighted by molar-refractivity contribution is 7.89. The van der Waals surface area contributed by atoms with Gasteiger partial charge in [-0.05, 0) is 50.6 Å². The van der Waals surface area contributed by atoms with E-state index in [1.165, 1.54) is 30.3 Å². The van der Waals surface area contributed by atoms with Gasteiger partial charge in [0.1, 0.15) is 10.6 Å². The largest absolute Gasteiger partial charge is 0.495 e. The van der Waals surface area contributed by atoms with Gasteiger partial charge in [-0.25, -0.2) is 8.42 Å². The van der Waals surface area contributed by atoms with Crippen LogP contribution in [0.25, 0.3) is 0 Å². The van der Waals surface area contributed by atoms with Crippen LogP contribution in [0, 0.1) is 0 Å². The van der Waals surface area contributed by atoms with Crippen LogP contribution >= 0.6 is 0 Å². The zero-order valence-corrected chi connectivity index (χ0v) is 18.0. The van der Waals surface area contributed by atoms with Crippen molar-refractivity contribution in [1.29, 1.82) is 0 Å². The molecule has 1 unspecified atom stereocenters. The van der Waals surface area contributed by atoms with Crippen molar-refractivity contribution >= 4 is 15.9 Å². The van der Waals surface area contributed by atoms with Gasteiger partial charge in [-0.1, -0.05) is 6.92 Å². The molecule has 0 radical (unpaired) electrons. The van der Waals surface area contributed by atoms with Crippen molar-refractivity contribution in [2.45, 2.75) is 37.1 Å². The molecule has 1 N–H and O–H groups in total. The Morgan fingerprint density at radius 2 is 1.90 bits per heavy atom. The van der Waals surface area contributed by atoms with Crippen LogP contribution in [0.4, 0.5) is 0 Å². The number of carbonyl (C=O) groups is 1. The maximum Gasteiger partial charge on any atom is 0.251 e. The predicted octanol–water partition coefficient (Wildman–Crippen LogP) is 1.32. The molecular weight excluding hydrogens is 394 g/mol. The average Bonchev–Trinajstić information content (AvgIpc) is 3.29. The number of carbonyl (C=O) groups excluding carboxylic acids is 1. The van der Waals surface area contributed by atoms with E-state index in [1.807, 2.05) is 0 Å². The Balaban J connectivity index is 1.75. The van der Waals surface area contributed by atoms with Crippen molar-refractivity contribution in [1.82, 2.24) is 14.5 Å². The van der Waals surface area contributed by atoms with Crippen LogP contribution in [-0.4, -0.2) is 82.6 Å². The summed E-state index contributed by atoms with van der Waals surface area (Å²) < 4.78 is 38.0. The Hall–Kier alpha value is -1.68. The molecule has 0 saturated carbocycles. The van der Waals surface area contributed by atoms with Gasteiger partial charge in [0.25, 0.3) is 5.91 Å². The molecule has 3 rings (SSSR count). The minimum absolute atomic E-state index is 0.0149. The Morgan fingerprint density at radius 3 is 2.52 bits per heavy atom. The predicted molar refractivity (Wildman–Crippen MR) is 110 cm³/mol. The number of nitrogens with one attached hydrogen (secondary N) is 1. The van der Waals surface area contributed by atoms with E-state index >= 15 is 0 Å². The number of sulfonamides is 1. The molecule has 1 aromatic rings. The summed E-state index contributed by atoms with van der Waals surface area (Å²) in [6.07, 6.45) is 3.36. The summed E-state index contributed by atoms with van der Waals surface area (Å²) in [6, 6.07) is 4.86. The number of hydrogen-bond donors (Lipinski definition) is 1. The lowest BCUT2D eigenvalue weighted by Gasteiger charge is -2.27. The van der Waals surface area contributed by atoms with E-state index in [0.29, 0.717) is 31.4 Å². The van der Waals surface area contributed by atoms with Crippen molar-refractivity contribution in [2.75, 3.05) is 53.0 Å². The second kappa shape index (κ2) is 9.88. The van der Waals surface area contributed by atoms with E-state index in [2.05, 4.69) is 17.1 Å². The maximum absolute atomic E-state index is 13.1. The second-order valence-electron chi connectivity index (χ2n) is 7.40. The Morgan fingerprint density at radius 1 is 1.21 bits per heavy atom. The van der Waals surface area contributed by atoms with Crippen molar-refractivity contribution in [3.05, 3.63) is 23.8 Å². The van der Waals surface area contributed by atoms with Gasteiger partial charge < -0.3 is 14.8 Å². The number of hydrogen-bond acceptors (Lipinski definition) is 6. The van der Waals surface area contributed by atoms with Crippen molar-refractivity contribution < 1.29 is 22.7 Å². The van der Waals surface area contributed by atoms with Gasteiger partial charge >= 0.3 is 0 Å². The first-order chi connectivity index (χ1) is 14.0. The summed E-state index contributed by atoms with van der Waals surface area (Å²) in [5.74, 6) is -0.0414. The van der Waals surface area contributed by atoms with Crippen LogP contribution in [0.3, 0.4) is 0 Å². The summed E-state index contributed by atoms with van der Waals surface area (Å²) in [4.78, 5) is 15.2. The van der Waals surface area contributed by atoms with Crippen LogP contribution in [0.15, 0.2) is 23.1 Å². The molecule has 2 heterocycles. The molecule has 1 amide bonds. The summed E-state index contributed by atoms with van der Waals surface area (Å²) >= 11 is 0. The molecule has 8 nitrogen and oxygen atoms in total. The number of amides is 1. The van der Waals surface area contributed by atoms with Crippen molar-refractivity contribution in [3.63, 3.8) is 0 Å². The molecule has 2 aliphatic rings. The minimum Gasteiger partial charge on any atom is -0.495 e. The lowest BCUT2D eigenvalue weighted by Crippen LogP contribution is -2.42. The summed E-state index contributed by atoms with van der Waals surface area (Å²) in [5.41, 5.74) is 0.314. The summed E-state index contributed by atoms with van der Waals surface area (Å²) in [5, 5.41) is 2.97. The third-order valence-corrected chi connectivity index (χ3v) is 7.56. The molecule has 2 aliphatic heterocycles. The molecule has 0 aliphatic carbocycles. The van der Waals surface area contributed by atoms with Crippen LogP contribution in [0.2, 0.25) is 0 Å². The first kappa shape index (κ1) is 22.0. The van der Waals surface area contributed by atoms with Crippen LogP contribution in [0.5, 0.6) is 5.75 Å². The molecule has 0 bridgehead atoms. The third-order valence-electron chi connectivity index (χ3n) is 5.64. The van der Waals surface area contributed by atoms with Gasteiger partial charge in [-0.2, -0.15) is 4.31 Å². The van der Waals surface area contributed by atoms with E-state index in [9.17, 15) is 13.2 Å². The number of benzene rings is 1. The van der Waals surface area contributed by atoms with Crippen molar-refractivity contribution in [2.24, 2.45) is 0 Å². The minimum atomic E-state index is -3.77. The molecule has 0 aromatic heterocycles. The number of morpholine rings is 1. The number of nitrogens with zero attached hydrogens (tertiary/aromatic N) is 2. The molecule has 0 spiro atoms. The van der Waals surface area contributed by atoms with Gasteiger partial charge in [0.05, 0.1) is 20.3 Å². The van der Waals surface area contributed by atoms with Gasteiger partial charge in [0.2, 0.25) is 10.0 Å². The fourth-order valence-electron chi connectivity index (χ4n) is 3.90. The van der Waals surface area contributed by atoms with Crippen LogP contribution in [0.1, 0.15) is 36.5 Å². The first-order valence-corrected chi connectivity index (χ1v) is 11.7. The van der Waals surface area contributed by atoms with E-state index in [-0.39, 0.29) is 29.6 Å². The summed E-state index contributed by atoms with van der Waals surface area (Å²) in [6.45, 7) is 6.10. The molecule has 9 heteroatoms. The number of rotatable bonds is 8. The second-order valence-corrected chi connectivity index (χ2v) is 9.30. The zero-order chi connectivity index (χ0) is 20.9. The number of methoxy groups -OCH3 is 1. The molecule has 2 fully saturated rings. The van der Waals surface area contributed by atoms with Gasteiger partial charge in [0.15, 0.2) is 0 Å². The van der Waals surface area contributed by atoms with Crippen LogP contribution < -0.4 is 10.1 Å². The normalized spacial score (nSPS) is 19.8.